The first-order chi connectivity index (χ1) is 11.3. The number of nitrogens with one attached hydrogen (secondary N) is 1. The Balaban J connectivity index is 1.71. The van der Waals surface area contributed by atoms with Crippen molar-refractivity contribution in [1.29, 1.82) is 0 Å². The number of rotatable bonds is 5. The van der Waals surface area contributed by atoms with E-state index in [4.69, 9.17) is 4.74 Å². The number of para-hydroxylation sites is 1. The van der Waals surface area contributed by atoms with Crippen LogP contribution >= 0.6 is 11.3 Å². The third-order valence-electron chi connectivity index (χ3n) is 3.15. The zero-order chi connectivity index (χ0) is 16.1. The fourth-order valence-corrected chi connectivity index (χ4v) is 2.72. The first-order valence-corrected chi connectivity index (χ1v) is 7.81. The zero-order valence-corrected chi connectivity index (χ0v) is 13.2. The molecule has 0 saturated heterocycles. The Morgan fingerprint density at radius 2 is 2.09 bits per heavy atom. The van der Waals surface area contributed by atoms with E-state index in [-0.39, 0.29) is 5.75 Å². The quantitative estimate of drug-likeness (QED) is 0.550. The predicted molar refractivity (Wildman–Crippen MR) is 93.4 cm³/mol. The van der Waals surface area contributed by atoms with Crippen LogP contribution in [0.15, 0.2) is 59.0 Å². The molecule has 0 aliphatic heterocycles. The van der Waals surface area contributed by atoms with Crippen LogP contribution in [0, 0.1) is 0 Å². The fraction of sp³-hybridized carbons (Fsp3) is 0.0588. The lowest BCUT2D eigenvalue weighted by Gasteiger charge is -2.02. The van der Waals surface area contributed by atoms with E-state index in [0.717, 1.165) is 22.6 Å². The molecule has 116 valence electrons. The van der Waals surface area contributed by atoms with Crippen LogP contribution in [0.5, 0.6) is 11.5 Å². The molecule has 0 atom stereocenters. The summed E-state index contributed by atoms with van der Waals surface area (Å²) in [7, 11) is 1.63. The van der Waals surface area contributed by atoms with E-state index in [2.05, 4.69) is 15.5 Å². The average Bonchev–Trinajstić information content (AvgIpc) is 3.04. The number of phenolic OH excluding ortho intramolecular Hbond substituents is 1. The Morgan fingerprint density at radius 1 is 1.22 bits per heavy atom. The first-order valence-electron chi connectivity index (χ1n) is 6.93. The minimum absolute atomic E-state index is 0.221. The Bertz CT molecular complexity index is 830. The van der Waals surface area contributed by atoms with Crippen molar-refractivity contribution >= 4 is 22.7 Å². The third kappa shape index (κ3) is 3.67. The summed E-state index contributed by atoms with van der Waals surface area (Å²) >= 11 is 1.45. The second kappa shape index (κ2) is 6.93. The highest BCUT2D eigenvalue weighted by atomic mass is 32.1. The van der Waals surface area contributed by atoms with Gasteiger partial charge in [-0.05, 0) is 24.3 Å². The van der Waals surface area contributed by atoms with Crippen LogP contribution in [0.2, 0.25) is 0 Å². The topological polar surface area (TPSA) is 66.7 Å². The van der Waals surface area contributed by atoms with Crippen molar-refractivity contribution in [3.8, 4) is 22.8 Å². The van der Waals surface area contributed by atoms with E-state index < -0.39 is 0 Å². The number of phenols is 1. The van der Waals surface area contributed by atoms with Crippen molar-refractivity contribution in [2.45, 2.75) is 0 Å². The SMILES string of the molecule is COc1ccccc1/C=N\Nc1nc(-c2cccc(O)c2)cs1. The molecular formula is C17H15N3O2S. The molecule has 0 bridgehead atoms. The van der Waals surface area contributed by atoms with Crippen LogP contribution in [0.4, 0.5) is 5.13 Å². The number of benzene rings is 2. The molecule has 23 heavy (non-hydrogen) atoms. The molecule has 2 N–H and O–H groups in total. The second-order valence-corrected chi connectivity index (χ2v) is 5.56. The van der Waals surface area contributed by atoms with E-state index in [1.165, 1.54) is 11.3 Å². The molecule has 0 amide bonds. The number of ether oxygens (including phenoxy) is 1. The van der Waals surface area contributed by atoms with Gasteiger partial charge in [0.25, 0.3) is 0 Å². The van der Waals surface area contributed by atoms with Crippen molar-refractivity contribution in [1.82, 2.24) is 4.98 Å². The molecule has 5 nitrogen and oxygen atoms in total. The van der Waals surface area contributed by atoms with Crippen molar-refractivity contribution in [2.75, 3.05) is 12.5 Å². The van der Waals surface area contributed by atoms with Crippen LogP contribution < -0.4 is 10.2 Å². The van der Waals surface area contributed by atoms with Gasteiger partial charge in [-0.15, -0.1) is 11.3 Å². The molecule has 2 aromatic carbocycles. The highest BCUT2D eigenvalue weighted by molar-refractivity contribution is 7.14. The second-order valence-electron chi connectivity index (χ2n) is 4.70. The molecular weight excluding hydrogens is 310 g/mol. The maximum absolute atomic E-state index is 9.52. The minimum Gasteiger partial charge on any atom is -0.508 e. The smallest absolute Gasteiger partial charge is 0.203 e. The number of methoxy groups -OCH3 is 1. The van der Waals surface area contributed by atoms with Crippen LogP contribution in [0.25, 0.3) is 11.3 Å². The number of hydrogen-bond acceptors (Lipinski definition) is 6. The van der Waals surface area contributed by atoms with Crippen molar-refractivity contribution in [2.24, 2.45) is 5.10 Å². The summed E-state index contributed by atoms with van der Waals surface area (Å²) in [5, 5.41) is 16.3. The molecule has 0 radical (unpaired) electrons. The average molecular weight is 325 g/mol. The van der Waals surface area contributed by atoms with Gasteiger partial charge in [-0.2, -0.15) is 5.10 Å². The lowest BCUT2D eigenvalue weighted by Crippen LogP contribution is -1.93. The standard InChI is InChI=1S/C17H15N3O2S/c1-22-16-8-3-2-5-13(16)10-18-20-17-19-15(11-23-17)12-6-4-7-14(21)9-12/h2-11,21H,1H3,(H,19,20)/b18-10-. The van der Waals surface area contributed by atoms with Gasteiger partial charge in [0.2, 0.25) is 5.13 Å². The predicted octanol–water partition coefficient (Wildman–Crippen LogP) is 3.97. The monoisotopic (exact) mass is 325 g/mol. The molecule has 0 spiro atoms. The van der Waals surface area contributed by atoms with Crippen LogP contribution in [-0.2, 0) is 0 Å². The number of aromatic hydroxyl groups is 1. The van der Waals surface area contributed by atoms with E-state index >= 15 is 0 Å². The van der Waals surface area contributed by atoms with Gasteiger partial charge in [-0.25, -0.2) is 4.98 Å². The molecule has 1 aromatic heterocycles. The van der Waals surface area contributed by atoms with Gasteiger partial charge in [0.15, 0.2) is 0 Å². The molecule has 3 aromatic rings. The Labute approximate surface area is 137 Å². The summed E-state index contributed by atoms with van der Waals surface area (Å²) in [6.07, 6.45) is 1.69. The Kier molecular flexibility index (Phi) is 4.54. The summed E-state index contributed by atoms with van der Waals surface area (Å²) in [6, 6.07) is 14.6. The molecule has 0 unspecified atom stereocenters. The molecule has 3 rings (SSSR count). The highest BCUT2D eigenvalue weighted by Crippen LogP contribution is 2.27. The van der Waals surface area contributed by atoms with Crippen molar-refractivity contribution in [3.63, 3.8) is 0 Å². The van der Waals surface area contributed by atoms with E-state index in [1.807, 2.05) is 35.7 Å². The minimum atomic E-state index is 0.221. The molecule has 0 fully saturated rings. The van der Waals surface area contributed by atoms with Crippen LogP contribution in [-0.4, -0.2) is 23.4 Å². The van der Waals surface area contributed by atoms with Crippen LogP contribution in [0.3, 0.4) is 0 Å². The highest BCUT2D eigenvalue weighted by Gasteiger charge is 2.04. The van der Waals surface area contributed by atoms with E-state index in [0.29, 0.717) is 5.13 Å². The van der Waals surface area contributed by atoms with Gasteiger partial charge in [0, 0.05) is 16.5 Å². The summed E-state index contributed by atoms with van der Waals surface area (Å²) < 4.78 is 5.27. The largest absolute Gasteiger partial charge is 0.508 e. The molecule has 0 saturated carbocycles. The molecule has 1 heterocycles. The van der Waals surface area contributed by atoms with Crippen molar-refractivity contribution < 1.29 is 9.84 Å². The Hall–Kier alpha value is -2.86. The summed E-state index contributed by atoms with van der Waals surface area (Å²) in [5.41, 5.74) is 5.45. The van der Waals surface area contributed by atoms with Gasteiger partial charge in [0.05, 0.1) is 19.0 Å². The normalized spacial score (nSPS) is 10.8. The summed E-state index contributed by atoms with van der Waals surface area (Å²) in [4.78, 5) is 4.45. The lowest BCUT2D eigenvalue weighted by atomic mass is 10.2. The number of hydrogen-bond donors (Lipinski definition) is 2. The number of hydrazone groups is 1. The fourth-order valence-electron chi connectivity index (χ4n) is 2.05. The number of thiazole rings is 1. The molecule has 0 aliphatic rings. The lowest BCUT2D eigenvalue weighted by molar-refractivity contribution is 0.414. The summed E-state index contributed by atoms with van der Waals surface area (Å²) in [5.74, 6) is 0.983. The van der Waals surface area contributed by atoms with E-state index in [1.54, 1.807) is 31.5 Å². The number of aromatic nitrogens is 1. The van der Waals surface area contributed by atoms with Gasteiger partial charge in [0.1, 0.15) is 11.5 Å². The van der Waals surface area contributed by atoms with Gasteiger partial charge in [-0.3, -0.25) is 5.43 Å². The number of anilines is 1. The van der Waals surface area contributed by atoms with Gasteiger partial charge >= 0.3 is 0 Å². The van der Waals surface area contributed by atoms with E-state index in [9.17, 15) is 5.11 Å². The number of nitrogens with zero attached hydrogens (tertiary/aromatic N) is 2. The van der Waals surface area contributed by atoms with Gasteiger partial charge < -0.3 is 9.84 Å². The van der Waals surface area contributed by atoms with Crippen LogP contribution in [0.1, 0.15) is 5.56 Å². The molecule has 0 aliphatic carbocycles. The third-order valence-corrected chi connectivity index (χ3v) is 3.90. The maximum Gasteiger partial charge on any atom is 0.203 e. The zero-order valence-electron chi connectivity index (χ0n) is 12.4. The molecule has 6 heteroatoms. The van der Waals surface area contributed by atoms with Crippen molar-refractivity contribution in [3.05, 3.63) is 59.5 Å². The first kappa shape index (κ1) is 15.1. The summed E-state index contributed by atoms with van der Waals surface area (Å²) in [6.45, 7) is 0. The Morgan fingerprint density at radius 3 is 2.91 bits per heavy atom. The maximum atomic E-state index is 9.52. The van der Waals surface area contributed by atoms with Gasteiger partial charge in [-0.1, -0.05) is 24.3 Å².